The molecule has 0 aliphatic carbocycles. The lowest BCUT2D eigenvalue weighted by Crippen LogP contribution is -2.40. The zero-order chi connectivity index (χ0) is 20.4. The van der Waals surface area contributed by atoms with Crippen molar-refractivity contribution in [3.05, 3.63) is 115 Å². The molecule has 0 saturated carbocycles. The van der Waals surface area contributed by atoms with E-state index in [4.69, 9.17) is 11.6 Å². The molecule has 146 valence electrons. The summed E-state index contributed by atoms with van der Waals surface area (Å²) in [4.78, 5) is 26.3. The van der Waals surface area contributed by atoms with E-state index in [0.29, 0.717) is 35.4 Å². The van der Waals surface area contributed by atoms with E-state index in [1.165, 1.54) is 4.57 Å². The average Bonchev–Trinajstić information content (AvgIpc) is 2.73. The molecule has 0 atom stereocenters. The summed E-state index contributed by atoms with van der Waals surface area (Å²) >= 11 is 5.95. The monoisotopic (exact) mass is 404 g/mol. The van der Waals surface area contributed by atoms with Crippen LogP contribution in [0.25, 0.3) is 10.9 Å². The Morgan fingerprint density at radius 1 is 0.828 bits per heavy atom. The fraction of sp³-hybridized carbons (Fsp3) is 0.167. The first-order valence-electron chi connectivity index (χ1n) is 9.56. The summed E-state index contributed by atoms with van der Waals surface area (Å²) in [5.74, 6) is 0. The van der Waals surface area contributed by atoms with Crippen LogP contribution >= 0.6 is 11.6 Å². The number of aryl methyl sites for hydroxylation is 2. The molecular formula is C24H21ClN2O2. The SMILES string of the molecule is Cc1ccccc1Cn1c(=O)n(CCc2ccc(Cl)cc2)c(=O)c2ccccc21. The van der Waals surface area contributed by atoms with Crippen molar-refractivity contribution in [3.63, 3.8) is 0 Å². The van der Waals surface area contributed by atoms with Gasteiger partial charge >= 0.3 is 5.69 Å². The Hall–Kier alpha value is -3.11. The molecule has 3 aromatic carbocycles. The van der Waals surface area contributed by atoms with Gasteiger partial charge in [-0.2, -0.15) is 0 Å². The first-order valence-corrected chi connectivity index (χ1v) is 9.94. The third-order valence-electron chi connectivity index (χ3n) is 5.26. The summed E-state index contributed by atoms with van der Waals surface area (Å²) in [5, 5.41) is 1.22. The van der Waals surface area contributed by atoms with Crippen LogP contribution in [-0.4, -0.2) is 9.13 Å². The van der Waals surface area contributed by atoms with Crippen molar-refractivity contribution < 1.29 is 0 Å². The van der Waals surface area contributed by atoms with Crippen LogP contribution in [0, 0.1) is 6.92 Å². The van der Waals surface area contributed by atoms with Gasteiger partial charge in [0.1, 0.15) is 0 Å². The lowest BCUT2D eigenvalue weighted by molar-refractivity contribution is 0.589. The second kappa shape index (κ2) is 8.10. The minimum Gasteiger partial charge on any atom is -0.289 e. The Bertz CT molecular complexity index is 1290. The molecule has 0 spiro atoms. The highest BCUT2D eigenvalue weighted by molar-refractivity contribution is 6.30. The minimum absolute atomic E-state index is 0.249. The number of hydrogen-bond donors (Lipinski definition) is 0. The zero-order valence-electron chi connectivity index (χ0n) is 16.1. The summed E-state index contributed by atoms with van der Waals surface area (Å²) in [6, 6.07) is 22.7. The normalized spacial score (nSPS) is 11.1. The van der Waals surface area contributed by atoms with Gasteiger partial charge in [-0.25, -0.2) is 4.79 Å². The second-order valence-corrected chi connectivity index (χ2v) is 7.58. The van der Waals surface area contributed by atoms with E-state index in [0.717, 1.165) is 16.7 Å². The van der Waals surface area contributed by atoms with Gasteiger partial charge in [-0.05, 0) is 54.3 Å². The molecule has 5 heteroatoms. The smallest absolute Gasteiger partial charge is 0.289 e. The first kappa shape index (κ1) is 19.2. The molecule has 4 rings (SSSR count). The largest absolute Gasteiger partial charge is 0.331 e. The van der Waals surface area contributed by atoms with Crippen LogP contribution in [0.3, 0.4) is 0 Å². The molecular weight excluding hydrogens is 384 g/mol. The fourth-order valence-electron chi connectivity index (χ4n) is 3.57. The number of benzene rings is 3. The summed E-state index contributed by atoms with van der Waals surface area (Å²) in [6.45, 7) is 2.77. The topological polar surface area (TPSA) is 44.0 Å². The predicted molar refractivity (Wildman–Crippen MR) is 118 cm³/mol. The number of nitrogens with zero attached hydrogens (tertiary/aromatic N) is 2. The number of fused-ring (bicyclic) bond motifs is 1. The maximum Gasteiger partial charge on any atom is 0.331 e. The molecule has 0 N–H and O–H groups in total. The standard InChI is InChI=1S/C24H21ClN2O2/c1-17-6-2-3-7-19(17)16-27-22-9-5-4-8-21(22)23(28)26(24(27)29)15-14-18-10-12-20(25)13-11-18/h2-13H,14-16H2,1H3. The summed E-state index contributed by atoms with van der Waals surface area (Å²) < 4.78 is 3.04. The van der Waals surface area contributed by atoms with Crippen molar-refractivity contribution in [2.45, 2.75) is 26.4 Å². The molecule has 0 bridgehead atoms. The van der Waals surface area contributed by atoms with E-state index in [-0.39, 0.29) is 11.2 Å². The Kier molecular flexibility index (Phi) is 5.36. The lowest BCUT2D eigenvalue weighted by atomic mass is 10.1. The first-order chi connectivity index (χ1) is 14.0. The van der Waals surface area contributed by atoms with Crippen LogP contribution in [-0.2, 0) is 19.5 Å². The molecule has 4 aromatic rings. The van der Waals surface area contributed by atoms with Crippen LogP contribution in [0.5, 0.6) is 0 Å². The van der Waals surface area contributed by atoms with E-state index < -0.39 is 0 Å². The van der Waals surface area contributed by atoms with Crippen molar-refractivity contribution in [2.75, 3.05) is 0 Å². The highest BCUT2D eigenvalue weighted by atomic mass is 35.5. The summed E-state index contributed by atoms with van der Waals surface area (Å²) in [7, 11) is 0. The van der Waals surface area contributed by atoms with E-state index in [1.807, 2.05) is 73.7 Å². The molecule has 0 radical (unpaired) electrons. The zero-order valence-corrected chi connectivity index (χ0v) is 16.9. The van der Waals surface area contributed by atoms with Gasteiger partial charge in [0.05, 0.1) is 17.4 Å². The van der Waals surface area contributed by atoms with Crippen LogP contribution in [0.4, 0.5) is 0 Å². The molecule has 0 fully saturated rings. The van der Waals surface area contributed by atoms with Gasteiger partial charge in [-0.15, -0.1) is 0 Å². The number of halogens is 1. The van der Waals surface area contributed by atoms with E-state index in [2.05, 4.69) is 0 Å². The minimum atomic E-state index is -0.286. The van der Waals surface area contributed by atoms with Gasteiger partial charge in [0.25, 0.3) is 5.56 Å². The van der Waals surface area contributed by atoms with Gasteiger partial charge in [0, 0.05) is 11.6 Å². The van der Waals surface area contributed by atoms with Crippen molar-refractivity contribution in [1.82, 2.24) is 9.13 Å². The third kappa shape index (κ3) is 3.89. The average molecular weight is 405 g/mol. The molecule has 1 heterocycles. The van der Waals surface area contributed by atoms with Gasteiger partial charge < -0.3 is 0 Å². The molecule has 0 unspecified atom stereocenters. The molecule has 0 amide bonds. The van der Waals surface area contributed by atoms with Crippen LogP contribution in [0.15, 0.2) is 82.4 Å². The summed E-state index contributed by atoms with van der Waals surface area (Å²) in [5.41, 5.74) is 3.32. The molecule has 4 nitrogen and oxygen atoms in total. The van der Waals surface area contributed by atoms with Crippen LogP contribution < -0.4 is 11.2 Å². The van der Waals surface area contributed by atoms with Gasteiger partial charge in [0.2, 0.25) is 0 Å². The van der Waals surface area contributed by atoms with Crippen molar-refractivity contribution >= 4 is 22.5 Å². The van der Waals surface area contributed by atoms with Gasteiger partial charge in [-0.1, -0.05) is 60.1 Å². The number of para-hydroxylation sites is 1. The number of hydrogen-bond acceptors (Lipinski definition) is 2. The third-order valence-corrected chi connectivity index (χ3v) is 5.51. The van der Waals surface area contributed by atoms with Gasteiger partial charge in [0.15, 0.2) is 0 Å². The Morgan fingerprint density at radius 2 is 1.52 bits per heavy atom. The molecule has 29 heavy (non-hydrogen) atoms. The Morgan fingerprint density at radius 3 is 2.28 bits per heavy atom. The maximum absolute atomic E-state index is 13.3. The van der Waals surface area contributed by atoms with Crippen LogP contribution in [0.1, 0.15) is 16.7 Å². The molecule has 0 aliphatic rings. The highest BCUT2D eigenvalue weighted by Crippen LogP contribution is 2.14. The second-order valence-electron chi connectivity index (χ2n) is 7.15. The Balaban J connectivity index is 1.80. The molecule has 1 aromatic heterocycles. The maximum atomic E-state index is 13.3. The number of aromatic nitrogens is 2. The van der Waals surface area contributed by atoms with Gasteiger partial charge in [-0.3, -0.25) is 13.9 Å². The Labute approximate surface area is 173 Å². The lowest BCUT2D eigenvalue weighted by Gasteiger charge is -2.15. The van der Waals surface area contributed by atoms with Crippen molar-refractivity contribution in [2.24, 2.45) is 0 Å². The highest BCUT2D eigenvalue weighted by Gasteiger charge is 2.14. The van der Waals surface area contributed by atoms with E-state index >= 15 is 0 Å². The molecule has 0 saturated heterocycles. The van der Waals surface area contributed by atoms with Crippen LogP contribution in [0.2, 0.25) is 5.02 Å². The molecule has 0 aliphatic heterocycles. The summed E-state index contributed by atoms with van der Waals surface area (Å²) in [6.07, 6.45) is 0.578. The number of rotatable bonds is 5. The quantitative estimate of drug-likeness (QED) is 0.494. The van der Waals surface area contributed by atoms with E-state index in [1.54, 1.807) is 10.6 Å². The predicted octanol–water partition coefficient (Wildman–Crippen LogP) is 4.42. The fourth-order valence-corrected chi connectivity index (χ4v) is 3.70. The van der Waals surface area contributed by atoms with E-state index in [9.17, 15) is 9.59 Å². The van der Waals surface area contributed by atoms with Crippen molar-refractivity contribution in [3.8, 4) is 0 Å². The van der Waals surface area contributed by atoms with Crippen molar-refractivity contribution in [1.29, 1.82) is 0 Å².